The van der Waals surface area contributed by atoms with Gasteiger partial charge in [-0.25, -0.2) is 0 Å². The van der Waals surface area contributed by atoms with Crippen LogP contribution in [-0.4, -0.2) is 181 Å². The number of ether oxygens (including phenoxy) is 6. The Balaban J connectivity index is 0.893. The highest BCUT2D eigenvalue weighted by molar-refractivity contribution is 5.27. The molecule has 3 saturated carbocycles. The Morgan fingerprint density at radius 2 is 1.39 bits per heavy atom. The van der Waals surface area contributed by atoms with Crippen LogP contribution in [0, 0.1) is 46.3 Å². The van der Waals surface area contributed by atoms with Gasteiger partial charge >= 0.3 is 0 Å². The molecule has 9 aliphatic rings. The van der Waals surface area contributed by atoms with Gasteiger partial charge in [0.15, 0.2) is 18.9 Å². The molecule has 9 rings (SSSR count). The quantitative estimate of drug-likeness (QED) is 0.148. The van der Waals surface area contributed by atoms with Crippen LogP contribution >= 0.6 is 0 Å². The molecule has 26 unspecified atom stereocenters. The molecule has 5 saturated heterocycles. The van der Waals surface area contributed by atoms with Crippen molar-refractivity contribution in [3.8, 4) is 0 Å². The zero-order chi connectivity index (χ0) is 43.4. The first-order valence-electron chi connectivity index (χ1n) is 23.4. The largest absolute Gasteiger partial charge is 0.394 e. The minimum atomic E-state index is -1.72. The number of hydrogen-bond donors (Lipinski definition) is 9. The molecule has 16 heteroatoms. The van der Waals surface area contributed by atoms with Crippen LogP contribution in [0.3, 0.4) is 0 Å². The van der Waals surface area contributed by atoms with Crippen molar-refractivity contribution in [2.45, 2.75) is 203 Å². The molecule has 0 aromatic carbocycles. The molecule has 4 aliphatic carbocycles. The fourth-order valence-electron chi connectivity index (χ4n) is 14.7. The van der Waals surface area contributed by atoms with Crippen LogP contribution in [0.1, 0.15) is 92.4 Å². The molecule has 61 heavy (non-hydrogen) atoms. The highest BCUT2D eigenvalue weighted by Crippen LogP contribution is 2.70. The minimum Gasteiger partial charge on any atom is -0.394 e. The number of aliphatic hydroxyl groups excluding tert-OH is 9. The standard InChI is InChI=1S/C45H73NO15/c1-19-6-9-27-20(2)31-28(46(27)16-19)15-26-24-8-7-22-14-23(10-12-44(22,4)25(24)11-13-45(26,31)5)58-43-39(55)36(52)40(61-42-38(54)34(50)32(48)21(3)57-42)30(60-43)18-56-41-37(53)35(51)33(49)29(17-47)59-41/h7,19-21,23-43,47-55H,6,8-18H2,1-5H3. The SMILES string of the molecule is CC1CCC2C(C)C3C(CC4C5CC=C6CC(OC7OC(COC8OC(CO)C(O)C(O)C8O)C(OC8OC(C)C(O)C(O)C8O)C(O)C7O)CCC6(C)C5CCC43C)N2C1. The second-order valence-corrected chi connectivity index (χ2v) is 21.3. The highest BCUT2D eigenvalue weighted by Gasteiger charge is 2.66. The normalized spacial score (nSPS) is 57.3. The molecule has 5 aliphatic heterocycles. The molecule has 0 amide bonds. The van der Waals surface area contributed by atoms with Gasteiger partial charge in [0, 0.05) is 18.6 Å². The number of nitrogens with zero attached hydrogens (tertiary/aromatic N) is 1. The molecule has 0 spiro atoms. The summed E-state index contributed by atoms with van der Waals surface area (Å²) in [6.07, 6.45) is -10.4. The summed E-state index contributed by atoms with van der Waals surface area (Å²) in [5, 5.41) is 95.6. The monoisotopic (exact) mass is 867 g/mol. The molecule has 5 heterocycles. The highest BCUT2D eigenvalue weighted by atomic mass is 16.8. The fourth-order valence-corrected chi connectivity index (χ4v) is 14.7. The first kappa shape index (κ1) is 45.3. The summed E-state index contributed by atoms with van der Waals surface area (Å²) in [7, 11) is 0. The van der Waals surface area contributed by atoms with E-state index in [1.165, 1.54) is 51.1 Å². The molecule has 0 aromatic rings. The molecule has 0 radical (unpaired) electrons. The summed E-state index contributed by atoms with van der Waals surface area (Å²) in [6, 6.07) is 1.45. The van der Waals surface area contributed by atoms with Crippen molar-refractivity contribution in [2.24, 2.45) is 46.3 Å². The van der Waals surface area contributed by atoms with E-state index >= 15 is 0 Å². The van der Waals surface area contributed by atoms with Gasteiger partial charge in [0.25, 0.3) is 0 Å². The van der Waals surface area contributed by atoms with Crippen LogP contribution in [0.25, 0.3) is 0 Å². The summed E-state index contributed by atoms with van der Waals surface area (Å²) in [4.78, 5) is 2.94. The molecule has 0 bridgehead atoms. The molecule has 26 atom stereocenters. The Hall–Kier alpha value is -0.900. The second kappa shape index (κ2) is 17.1. The van der Waals surface area contributed by atoms with Crippen LogP contribution in [0.15, 0.2) is 11.6 Å². The lowest BCUT2D eigenvalue weighted by Crippen LogP contribution is -2.65. The van der Waals surface area contributed by atoms with Crippen molar-refractivity contribution in [1.29, 1.82) is 0 Å². The number of piperidine rings is 1. The van der Waals surface area contributed by atoms with Crippen molar-refractivity contribution >= 4 is 0 Å². The van der Waals surface area contributed by atoms with E-state index in [2.05, 4.69) is 38.7 Å². The third-order valence-electron chi connectivity index (χ3n) is 18.0. The van der Waals surface area contributed by atoms with Crippen molar-refractivity contribution in [2.75, 3.05) is 19.8 Å². The van der Waals surface area contributed by atoms with Crippen molar-refractivity contribution in [3.05, 3.63) is 11.6 Å². The van der Waals surface area contributed by atoms with Crippen molar-refractivity contribution in [3.63, 3.8) is 0 Å². The molecule has 8 fully saturated rings. The maximum Gasteiger partial charge on any atom is 0.187 e. The Labute approximate surface area is 359 Å². The molecule has 9 N–H and O–H groups in total. The summed E-state index contributed by atoms with van der Waals surface area (Å²) >= 11 is 0. The van der Waals surface area contributed by atoms with E-state index in [4.69, 9.17) is 28.4 Å². The van der Waals surface area contributed by atoms with E-state index in [1.807, 2.05) is 0 Å². The zero-order valence-electron chi connectivity index (χ0n) is 36.3. The average molecular weight is 868 g/mol. The van der Waals surface area contributed by atoms with Gasteiger partial charge in [0.2, 0.25) is 0 Å². The molecule has 16 nitrogen and oxygen atoms in total. The lowest BCUT2D eigenvalue weighted by atomic mass is 9.47. The van der Waals surface area contributed by atoms with E-state index in [-0.39, 0.29) is 11.5 Å². The van der Waals surface area contributed by atoms with Gasteiger partial charge < -0.3 is 74.4 Å². The number of rotatable bonds is 8. The Kier molecular flexibility index (Phi) is 12.7. The molecular weight excluding hydrogens is 794 g/mol. The van der Waals surface area contributed by atoms with E-state index in [0.717, 1.165) is 43.1 Å². The Bertz CT molecular complexity index is 1590. The first-order valence-corrected chi connectivity index (χ1v) is 23.4. The van der Waals surface area contributed by atoms with Gasteiger partial charge in [0.05, 0.1) is 25.4 Å². The number of hydrogen-bond acceptors (Lipinski definition) is 16. The van der Waals surface area contributed by atoms with Crippen LogP contribution in [0.4, 0.5) is 0 Å². The van der Waals surface area contributed by atoms with Gasteiger partial charge in [-0.3, -0.25) is 4.90 Å². The zero-order valence-corrected chi connectivity index (χ0v) is 36.3. The molecular formula is C45H73NO15. The van der Waals surface area contributed by atoms with Gasteiger partial charge in [0.1, 0.15) is 67.1 Å². The maximum atomic E-state index is 11.6. The van der Waals surface area contributed by atoms with Gasteiger partial charge in [-0.1, -0.05) is 39.3 Å². The van der Waals surface area contributed by atoms with Crippen LogP contribution < -0.4 is 0 Å². The van der Waals surface area contributed by atoms with E-state index in [0.29, 0.717) is 35.6 Å². The summed E-state index contributed by atoms with van der Waals surface area (Å²) in [5.74, 6) is 4.26. The fraction of sp³-hybridized carbons (Fsp3) is 0.956. The van der Waals surface area contributed by atoms with E-state index in [1.54, 1.807) is 0 Å². The lowest BCUT2D eigenvalue weighted by molar-refractivity contribution is -0.368. The Morgan fingerprint density at radius 3 is 2.15 bits per heavy atom. The number of allylic oxidation sites excluding steroid dienone is 1. The van der Waals surface area contributed by atoms with Crippen LogP contribution in [0.2, 0.25) is 0 Å². The summed E-state index contributed by atoms with van der Waals surface area (Å²) in [6.45, 7) is 11.7. The number of aliphatic hydroxyl groups is 9. The van der Waals surface area contributed by atoms with Crippen LogP contribution in [-0.2, 0) is 28.4 Å². The number of fused-ring (bicyclic) bond motifs is 9. The van der Waals surface area contributed by atoms with Crippen molar-refractivity contribution in [1.82, 2.24) is 4.90 Å². The summed E-state index contributed by atoms with van der Waals surface area (Å²) < 4.78 is 35.8. The molecule has 348 valence electrons. The first-order chi connectivity index (χ1) is 29.0. The second-order valence-electron chi connectivity index (χ2n) is 21.3. The smallest absolute Gasteiger partial charge is 0.187 e. The third-order valence-corrected chi connectivity index (χ3v) is 18.0. The summed E-state index contributed by atoms with van der Waals surface area (Å²) in [5.41, 5.74) is 1.80. The predicted molar refractivity (Wildman–Crippen MR) is 215 cm³/mol. The predicted octanol–water partition coefficient (Wildman–Crippen LogP) is 0.155. The van der Waals surface area contributed by atoms with Gasteiger partial charge in [-0.2, -0.15) is 0 Å². The maximum absolute atomic E-state index is 11.6. The molecule has 0 aromatic heterocycles. The third kappa shape index (κ3) is 7.52. The lowest BCUT2D eigenvalue weighted by Gasteiger charge is -2.58. The van der Waals surface area contributed by atoms with E-state index in [9.17, 15) is 46.0 Å². The topological polar surface area (TPSA) is 241 Å². The Morgan fingerprint density at radius 1 is 0.705 bits per heavy atom. The van der Waals surface area contributed by atoms with Gasteiger partial charge in [-0.15, -0.1) is 0 Å². The van der Waals surface area contributed by atoms with Crippen LogP contribution in [0.5, 0.6) is 0 Å². The van der Waals surface area contributed by atoms with Gasteiger partial charge in [-0.05, 0) is 111 Å². The van der Waals surface area contributed by atoms with Crippen molar-refractivity contribution < 1.29 is 74.4 Å². The minimum absolute atomic E-state index is 0.0397. The van der Waals surface area contributed by atoms with E-state index < -0.39 is 105 Å². The average Bonchev–Trinajstić information content (AvgIpc) is 3.71.